The van der Waals surface area contributed by atoms with Crippen molar-refractivity contribution in [1.29, 1.82) is 0 Å². The summed E-state index contributed by atoms with van der Waals surface area (Å²) >= 11 is 0. The van der Waals surface area contributed by atoms with Crippen molar-refractivity contribution in [2.45, 2.75) is 45.2 Å². The quantitative estimate of drug-likeness (QED) is 0.842. The van der Waals surface area contributed by atoms with Crippen molar-refractivity contribution in [3.8, 4) is 0 Å². The SMILES string of the molecule is CCCC(C(=O)O)(c1ccccc1)N(C)C(C)C. The second-order valence-electron chi connectivity index (χ2n) is 4.99. The Labute approximate surface area is 109 Å². The van der Waals surface area contributed by atoms with E-state index in [1.165, 1.54) is 0 Å². The van der Waals surface area contributed by atoms with Crippen LogP contribution < -0.4 is 0 Å². The lowest BCUT2D eigenvalue weighted by atomic mass is 9.83. The van der Waals surface area contributed by atoms with Crippen LogP contribution in [0.2, 0.25) is 0 Å². The van der Waals surface area contributed by atoms with Crippen molar-refractivity contribution >= 4 is 5.97 Å². The van der Waals surface area contributed by atoms with Crippen LogP contribution in [0.3, 0.4) is 0 Å². The van der Waals surface area contributed by atoms with Crippen LogP contribution in [0, 0.1) is 0 Å². The summed E-state index contributed by atoms with van der Waals surface area (Å²) in [5.41, 5.74) is -0.0694. The Morgan fingerprint density at radius 3 is 2.28 bits per heavy atom. The van der Waals surface area contributed by atoms with Gasteiger partial charge in [0.1, 0.15) is 5.54 Å². The minimum absolute atomic E-state index is 0.174. The third-order valence-electron chi connectivity index (χ3n) is 3.59. The average molecular weight is 249 g/mol. The molecule has 1 rings (SSSR count). The molecule has 1 atom stereocenters. The van der Waals surface area contributed by atoms with E-state index in [1.807, 2.05) is 63.1 Å². The second kappa shape index (κ2) is 6.01. The lowest BCUT2D eigenvalue weighted by molar-refractivity contribution is -0.153. The predicted molar refractivity (Wildman–Crippen MR) is 73.6 cm³/mol. The number of nitrogens with zero attached hydrogens (tertiary/aromatic N) is 1. The minimum atomic E-state index is -0.926. The molecule has 0 heterocycles. The van der Waals surface area contributed by atoms with Crippen LogP contribution in [0.5, 0.6) is 0 Å². The first-order valence-corrected chi connectivity index (χ1v) is 6.48. The zero-order chi connectivity index (χ0) is 13.8. The van der Waals surface area contributed by atoms with E-state index in [9.17, 15) is 9.90 Å². The summed E-state index contributed by atoms with van der Waals surface area (Å²) < 4.78 is 0. The van der Waals surface area contributed by atoms with Gasteiger partial charge in [-0.25, -0.2) is 4.79 Å². The van der Waals surface area contributed by atoms with E-state index >= 15 is 0 Å². The van der Waals surface area contributed by atoms with E-state index in [0.717, 1.165) is 12.0 Å². The van der Waals surface area contributed by atoms with Crippen LogP contribution >= 0.6 is 0 Å². The molecule has 0 bridgehead atoms. The molecule has 0 saturated carbocycles. The van der Waals surface area contributed by atoms with Crippen LogP contribution in [-0.4, -0.2) is 29.1 Å². The smallest absolute Gasteiger partial charge is 0.328 e. The van der Waals surface area contributed by atoms with Crippen LogP contribution in [0.15, 0.2) is 30.3 Å². The Hall–Kier alpha value is -1.35. The van der Waals surface area contributed by atoms with Crippen molar-refractivity contribution in [1.82, 2.24) is 4.90 Å². The summed E-state index contributed by atoms with van der Waals surface area (Å²) in [7, 11) is 1.89. The molecule has 0 aliphatic heterocycles. The van der Waals surface area contributed by atoms with Crippen molar-refractivity contribution in [2.24, 2.45) is 0 Å². The summed E-state index contributed by atoms with van der Waals surface area (Å²) in [5, 5.41) is 9.79. The molecule has 0 saturated heterocycles. The number of carbonyl (C=O) groups is 1. The molecule has 3 nitrogen and oxygen atoms in total. The monoisotopic (exact) mass is 249 g/mol. The molecule has 3 heteroatoms. The van der Waals surface area contributed by atoms with Crippen molar-refractivity contribution < 1.29 is 9.90 Å². The number of hydrogen-bond acceptors (Lipinski definition) is 2. The highest BCUT2D eigenvalue weighted by Crippen LogP contribution is 2.34. The maximum atomic E-state index is 11.9. The second-order valence-corrected chi connectivity index (χ2v) is 4.99. The van der Waals surface area contributed by atoms with Gasteiger partial charge in [-0.3, -0.25) is 4.90 Å². The fourth-order valence-electron chi connectivity index (χ4n) is 2.42. The molecule has 18 heavy (non-hydrogen) atoms. The third kappa shape index (κ3) is 2.56. The zero-order valence-electron chi connectivity index (χ0n) is 11.7. The Kier molecular flexibility index (Phi) is 4.91. The Morgan fingerprint density at radius 2 is 1.89 bits per heavy atom. The number of hydrogen-bond donors (Lipinski definition) is 1. The van der Waals surface area contributed by atoms with Gasteiger partial charge in [-0.2, -0.15) is 0 Å². The van der Waals surface area contributed by atoms with Gasteiger partial charge in [0.15, 0.2) is 0 Å². The molecule has 0 aliphatic rings. The topological polar surface area (TPSA) is 40.5 Å². The number of carboxylic acid groups (broad SMARTS) is 1. The average Bonchev–Trinajstić information content (AvgIpc) is 2.35. The molecule has 0 aliphatic carbocycles. The first-order valence-electron chi connectivity index (χ1n) is 6.48. The first-order chi connectivity index (χ1) is 8.46. The van der Waals surface area contributed by atoms with Gasteiger partial charge in [0, 0.05) is 6.04 Å². The number of likely N-dealkylation sites (N-methyl/N-ethyl adjacent to an activating group) is 1. The largest absolute Gasteiger partial charge is 0.480 e. The van der Waals surface area contributed by atoms with Gasteiger partial charge in [0.05, 0.1) is 0 Å². The fraction of sp³-hybridized carbons (Fsp3) is 0.533. The summed E-state index contributed by atoms with van der Waals surface area (Å²) in [6.45, 7) is 6.07. The summed E-state index contributed by atoms with van der Waals surface area (Å²) in [5.74, 6) is -0.772. The van der Waals surface area contributed by atoms with E-state index in [0.29, 0.717) is 6.42 Å². The van der Waals surface area contributed by atoms with E-state index in [4.69, 9.17) is 0 Å². The summed E-state index contributed by atoms with van der Waals surface area (Å²) in [6.07, 6.45) is 1.44. The molecule has 1 N–H and O–H groups in total. The van der Waals surface area contributed by atoms with Gasteiger partial charge >= 0.3 is 5.97 Å². The standard InChI is InChI=1S/C15H23NO2/c1-5-11-15(14(17)18,16(4)12(2)3)13-9-7-6-8-10-13/h6-10,12H,5,11H2,1-4H3,(H,17,18). The van der Waals surface area contributed by atoms with E-state index in [2.05, 4.69) is 0 Å². The van der Waals surface area contributed by atoms with E-state index in [1.54, 1.807) is 0 Å². The molecule has 1 aromatic carbocycles. The van der Waals surface area contributed by atoms with E-state index in [-0.39, 0.29) is 6.04 Å². The fourth-order valence-corrected chi connectivity index (χ4v) is 2.42. The first kappa shape index (κ1) is 14.7. The molecule has 0 amide bonds. The highest BCUT2D eigenvalue weighted by molar-refractivity contribution is 5.80. The van der Waals surface area contributed by atoms with Gasteiger partial charge in [0.25, 0.3) is 0 Å². The minimum Gasteiger partial charge on any atom is -0.480 e. The van der Waals surface area contributed by atoms with Crippen LogP contribution in [0.25, 0.3) is 0 Å². The summed E-state index contributed by atoms with van der Waals surface area (Å²) in [6, 6.07) is 9.70. The highest BCUT2D eigenvalue weighted by atomic mass is 16.4. The van der Waals surface area contributed by atoms with Gasteiger partial charge in [-0.15, -0.1) is 0 Å². The van der Waals surface area contributed by atoms with Gasteiger partial charge < -0.3 is 5.11 Å². The Bertz CT molecular complexity index is 389. The highest BCUT2D eigenvalue weighted by Gasteiger charge is 2.44. The third-order valence-corrected chi connectivity index (χ3v) is 3.59. The molecule has 0 radical (unpaired) electrons. The summed E-state index contributed by atoms with van der Waals surface area (Å²) in [4.78, 5) is 13.9. The van der Waals surface area contributed by atoms with E-state index < -0.39 is 11.5 Å². The number of carboxylic acids is 1. The molecule has 100 valence electrons. The maximum absolute atomic E-state index is 11.9. The molecule has 1 aromatic rings. The molecular weight excluding hydrogens is 226 g/mol. The lowest BCUT2D eigenvalue weighted by Crippen LogP contribution is -2.52. The molecule has 0 spiro atoms. The van der Waals surface area contributed by atoms with Crippen LogP contribution in [-0.2, 0) is 10.3 Å². The van der Waals surface area contributed by atoms with Crippen molar-refractivity contribution in [3.05, 3.63) is 35.9 Å². The predicted octanol–water partition coefficient (Wildman–Crippen LogP) is 3.11. The number of benzene rings is 1. The zero-order valence-corrected chi connectivity index (χ0v) is 11.7. The normalized spacial score (nSPS) is 14.8. The Morgan fingerprint density at radius 1 is 1.33 bits per heavy atom. The molecule has 1 unspecified atom stereocenters. The number of aliphatic carboxylic acids is 1. The van der Waals surface area contributed by atoms with Crippen molar-refractivity contribution in [2.75, 3.05) is 7.05 Å². The van der Waals surface area contributed by atoms with Crippen LogP contribution in [0.4, 0.5) is 0 Å². The number of rotatable bonds is 6. The van der Waals surface area contributed by atoms with Gasteiger partial charge in [-0.1, -0.05) is 43.7 Å². The molecular formula is C15H23NO2. The van der Waals surface area contributed by atoms with Gasteiger partial charge in [0.2, 0.25) is 0 Å². The molecule has 0 aromatic heterocycles. The molecule has 0 fully saturated rings. The van der Waals surface area contributed by atoms with Crippen LogP contribution in [0.1, 0.15) is 39.2 Å². The Balaban J connectivity index is 3.35. The van der Waals surface area contributed by atoms with Crippen molar-refractivity contribution in [3.63, 3.8) is 0 Å². The lowest BCUT2D eigenvalue weighted by Gasteiger charge is -2.41. The maximum Gasteiger partial charge on any atom is 0.328 e. The van der Waals surface area contributed by atoms with Gasteiger partial charge in [-0.05, 0) is 32.9 Å².